The number of ether oxygens (including phenoxy) is 1. The number of hydrogen-bond donors (Lipinski definition) is 1. The second kappa shape index (κ2) is 6.26. The first-order chi connectivity index (χ1) is 9.49. The maximum Gasteiger partial charge on any atom is 0.317 e. The van der Waals surface area contributed by atoms with E-state index in [1.165, 1.54) is 0 Å². The Bertz CT molecular complexity index is 447. The van der Waals surface area contributed by atoms with Crippen LogP contribution in [0.1, 0.15) is 36.8 Å². The summed E-state index contributed by atoms with van der Waals surface area (Å²) in [7, 11) is 1.77. The van der Waals surface area contributed by atoms with Crippen LogP contribution in [0.4, 0.5) is 4.79 Å². The van der Waals surface area contributed by atoms with E-state index in [4.69, 9.17) is 9.26 Å². The Hall–Kier alpha value is -1.56. The number of nitrogens with zero attached hydrogens (tertiary/aromatic N) is 2. The maximum absolute atomic E-state index is 12.2. The molecule has 0 unspecified atom stereocenters. The van der Waals surface area contributed by atoms with Crippen molar-refractivity contribution in [2.75, 3.05) is 13.7 Å². The van der Waals surface area contributed by atoms with Gasteiger partial charge >= 0.3 is 6.03 Å². The van der Waals surface area contributed by atoms with Crippen LogP contribution in [-0.2, 0) is 11.3 Å². The lowest BCUT2D eigenvalue weighted by Crippen LogP contribution is -2.46. The van der Waals surface area contributed by atoms with E-state index in [9.17, 15) is 4.79 Å². The smallest absolute Gasteiger partial charge is 0.317 e. The number of amides is 2. The minimum atomic E-state index is -0.104. The molecule has 1 saturated heterocycles. The second-order valence-electron chi connectivity index (χ2n) is 5.45. The van der Waals surface area contributed by atoms with Crippen molar-refractivity contribution in [3.05, 3.63) is 17.0 Å². The lowest BCUT2D eigenvalue weighted by Gasteiger charge is -2.24. The van der Waals surface area contributed by atoms with Crippen molar-refractivity contribution in [1.82, 2.24) is 15.4 Å². The quantitative estimate of drug-likeness (QED) is 0.916. The Labute approximate surface area is 119 Å². The molecule has 2 heterocycles. The van der Waals surface area contributed by atoms with Gasteiger partial charge in [0.2, 0.25) is 0 Å². The van der Waals surface area contributed by atoms with Gasteiger partial charge in [-0.15, -0.1) is 0 Å². The zero-order chi connectivity index (χ0) is 14.7. The van der Waals surface area contributed by atoms with Crippen molar-refractivity contribution >= 4 is 6.03 Å². The van der Waals surface area contributed by atoms with Crippen LogP contribution < -0.4 is 5.32 Å². The van der Waals surface area contributed by atoms with E-state index in [-0.39, 0.29) is 18.2 Å². The zero-order valence-electron chi connectivity index (χ0n) is 12.6. The largest absolute Gasteiger partial charge is 0.376 e. The summed E-state index contributed by atoms with van der Waals surface area (Å²) < 4.78 is 10.7. The second-order valence-corrected chi connectivity index (χ2v) is 5.45. The van der Waals surface area contributed by atoms with Crippen molar-refractivity contribution in [2.24, 2.45) is 0 Å². The molecule has 0 saturated carbocycles. The summed E-state index contributed by atoms with van der Waals surface area (Å²) in [4.78, 5) is 13.8. The lowest BCUT2D eigenvalue weighted by molar-refractivity contribution is 0.0838. The van der Waals surface area contributed by atoms with Crippen molar-refractivity contribution < 1.29 is 14.1 Å². The molecule has 1 aromatic rings. The van der Waals surface area contributed by atoms with Crippen molar-refractivity contribution in [3.8, 4) is 0 Å². The summed E-state index contributed by atoms with van der Waals surface area (Å²) in [6, 6.07) is -0.0786. The molecule has 2 atom stereocenters. The number of carbonyl (C=O) groups excluding carboxylic acids is 1. The van der Waals surface area contributed by atoms with Gasteiger partial charge in [-0.3, -0.25) is 0 Å². The highest BCUT2D eigenvalue weighted by Crippen LogP contribution is 2.17. The first kappa shape index (κ1) is 14.8. The molecule has 20 heavy (non-hydrogen) atoms. The molecule has 0 aliphatic carbocycles. The molecule has 2 rings (SSSR count). The molecule has 1 aliphatic heterocycles. The van der Waals surface area contributed by atoms with Gasteiger partial charge in [-0.05, 0) is 33.6 Å². The third-order valence-electron chi connectivity index (χ3n) is 3.80. The highest BCUT2D eigenvalue weighted by atomic mass is 16.5. The van der Waals surface area contributed by atoms with E-state index in [0.717, 1.165) is 36.5 Å². The minimum absolute atomic E-state index is 0.0251. The fourth-order valence-corrected chi connectivity index (χ4v) is 2.43. The predicted molar refractivity (Wildman–Crippen MR) is 74.4 cm³/mol. The molecule has 112 valence electrons. The molecular formula is C14H23N3O3. The number of aryl methyl sites for hydroxylation is 2. The molecule has 2 amide bonds. The van der Waals surface area contributed by atoms with Crippen LogP contribution in [0.2, 0.25) is 0 Å². The molecule has 0 radical (unpaired) electrons. The Kier molecular flexibility index (Phi) is 4.65. The van der Waals surface area contributed by atoms with Crippen LogP contribution in [0.3, 0.4) is 0 Å². The molecular weight excluding hydrogens is 258 g/mol. The van der Waals surface area contributed by atoms with Gasteiger partial charge in [-0.25, -0.2) is 4.79 Å². The third-order valence-corrected chi connectivity index (χ3v) is 3.80. The van der Waals surface area contributed by atoms with Gasteiger partial charge < -0.3 is 19.5 Å². The summed E-state index contributed by atoms with van der Waals surface area (Å²) in [5, 5.41) is 6.88. The Balaban J connectivity index is 1.88. The molecule has 0 bridgehead atoms. The Morgan fingerprint density at radius 2 is 2.30 bits per heavy atom. The van der Waals surface area contributed by atoms with E-state index in [2.05, 4.69) is 10.5 Å². The average Bonchev–Trinajstić information content (AvgIpc) is 3.03. The zero-order valence-corrected chi connectivity index (χ0v) is 12.6. The summed E-state index contributed by atoms with van der Waals surface area (Å²) in [5.41, 5.74) is 1.79. The fourth-order valence-electron chi connectivity index (χ4n) is 2.43. The maximum atomic E-state index is 12.2. The van der Waals surface area contributed by atoms with E-state index in [1.807, 2.05) is 20.8 Å². The fraction of sp³-hybridized carbons (Fsp3) is 0.714. The standard InChI is InChI=1S/C14H23N3O3/c1-9-12(11(3)20-16-9)8-17(4)14(18)15-10(2)13-6-5-7-19-13/h10,13H,5-8H2,1-4H3,(H,15,18)/t10-,13-/m1/s1. The van der Waals surface area contributed by atoms with Gasteiger partial charge in [-0.1, -0.05) is 5.16 Å². The van der Waals surface area contributed by atoms with E-state index in [1.54, 1.807) is 11.9 Å². The number of nitrogens with one attached hydrogen (secondary N) is 1. The first-order valence-electron chi connectivity index (χ1n) is 7.04. The highest BCUT2D eigenvalue weighted by molar-refractivity contribution is 5.74. The van der Waals surface area contributed by atoms with Gasteiger partial charge in [0.05, 0.1) is 24.4 Å². The van der Waals surface area contributed by atoms with Crippen LogP contribution in [0.5, 0.6) is 0 Å². The lowest BCUT2D eigenvalue weighted by atomic mass is 10.1. The van der Waals surface area contributed by atoms with Crippen LogP contribution >= 0.6 is 0 Å². The molecule has 1 aromatic heterocycles. The van der Waals surface area contributed by atoms with Gasteiger partial charge in [0.1, 0.15) is 5.76 Å². The van der Waals surface area contributed by atoms with Crippen molar-refractivity contribution in [2.45, 2.75) is 52.3 Å². The highest BCUT2D eigenvalue weighted by Gasteiger charge is 2.25. The van der Waals surface area contributed by atoms with Crippen molar-refractivity contribution in [1.29, 1.82) is 0 Å². The third kappa shape index (κ3) is 3.30. The summed E-state index contributed by atoms with van der Waals surface area (Å²) >= 11 is 0. The number of aromatic nitrogens is 1. The Morgan fingerprint density at radius 3 is 2.85 bits per heavy atom. The van der Waals surface area contributed by atoms with Gasteiger partial charge in [0, 0.05) is 19.2 Å². The normalized spacial score (nSPS) is 19.9. The summed E-state index contributed by atoms with van der Waals surface area (Å²) in [6.07, 6.45) is 2.21. The van der Waals surface area contributed by atoms with Gasteiger partial charge in [0.15, 0.2) is 0 Å². The van der Waals surface area contributed by atoms with Crippen LogP contribution in [0, 0.1) is 13.8 Å². The van der Waals surface area contributed by atoms with Crippen LogP contribution in [0.15, 0.2) is 4.52 Å². The molecule has 1 N–H and O–H groups in total. The molecule has 1 aliphatic rings. The topological polar surface area (TPSA) is 67.6 Å². The van der Waals surface area contributed by atoms with Crippen molar-refractivity contribution in [3.63, 3.8) is 0 Å². The average molecular weight is 281 g/mol. The number of rotatable bonds is 4. The van der Waals surface area contributed by atoms with E-state index in [0.29, 0.717) is 6.54 Å². The number of carbonyl (C=O) groups is 1. The van der Waals surface area contributed by atoms with E-state index >= 15 is 0 Å². The Morgan fingerprint density at radius 1 is 1.55 bits per heavy atom. The number of hydrogen-bond acceptors (Lipinski definition) is 4. The van der Waals surface area contributed by atoms with Gasteiger partial charge in [0.25, 0.3) is 0 Å². The summed E-state index contributed by atoms with van der Waals surface area (Å²) in [5.74, 6) is 0.759. The predicted octanol–water partition coefficient (Wildman–Crippen LogP) is 2.00. The molecule has 0 spiro atoms. The molecule has 6 heteroatoms. The monoisotopic (exact) mass is 281 g/mol. The first-order valence-corrected chi connectivity index (χ1v) is 7.04. The van der Waals surface area contributed by atoms with Crippen LogP contribution in [0.25, 0.3) is 0 Å². The van der Waals surface area contributed by atoms with Crippen LogP contribution in [-0.4, -0.2) is 41.9 Å². The molecule has 6 nitrogen and oxygen atoms in total. The minimum Gasteiger partial charge on any atom is -0.376 e. The van der Waals surface area contributed by atoms with Gasteiger partial charge in [-0.2, -0.15) is 0 Å². The SMILES string of the molecule is Cc1noc(C)c1CN(C)C(=O)N[C@H](C)[C@H]1CCCO1. The molecule has 1 fully saturated rings. The summed E-state index contributed by atoms with van der Waals surface area (Å²) in [6.45, 7) is 7.01. The number of urea groups is 1. The molecule has 0 aromatic carbocycles. The van der Waals surface area contributed by atoms with E-state index < -0.39 is 0 Å².